The Hall–Kier alpha value is -2.52. The quantitative estimate of drug-likeness (QED) is 0.541. The summed E-state index contributed by atoms with van der Waals surface area (Å²) in [6.45, 7) is 5.60. The van der Waals surface area contributed by atoms with Gasteiger partial charge in [-0.2, -0.15) is 8.42 Å². The van der Waals surface area contributed by atoms with E-state index in [9.17, 15) is 13.2 Å². The number of hydrogen-bond donors (Lipinski definition) is 2. The van der Waals surface area contributed by atoms with Crippen molar-refractivity contribution in [2.45, 2.75) is 25.4 Å². The van der Waals surface area contributed by atoms with Crippen molar-refractivity contribution in [1.82, 2.24) is 10.6 Å². The van der Waals surface area contributed by atoms with Gasteiger partial charge in [-0.25, -0.2) is 0 Å². The zero-order valence-corrected chi connectivity index (χ0v) is 17.1. The molecule has 2 heterocycles. The summed E-state index contributed by atoms with van der Waals surface area (Å²) in [6.07, 6.45) is 5.23. The van der Waals surface area contributed by atoms with Gasteiger partial charge in [-0.05, 0) is 31.4 Å². The van der Waals surface area contributed by atoms with Crippen LogP contribution in [0.4, 0.5) is 0 Å². The van der Waals surface area contributed by atoms with E-state index in [0.717, 1.165) is 6.26 Å². The molecule has 1 amide bonds. The first-order valence-corrected chi connectivity index (χ1v) is 10.6. The average Bonchev–Trinajstić information content (AvgIpc) is 2.99. The summed E-state index contributed by atoms with van der Waals surface area (Å²) in [4.78, 5) is 12.3. The Morgan fingerprint density at radius 2 is 1.93 bits per heavy atom. The van der Waals surface area contributed by atoms with Gasteiger partial charge in [0.15, 0.2) is 11.5 Å². The lowest BCUT2D eigenvalue weighted by Crippen LogP contribution is -2.51. The Labute approximate surface area is 164 Å². The molecule has 3 rings (SSSR count). The molecule has 8 nitrogen and oxygen atoms in total. The minimum atomic E-state index is -3.76. The molecule has 2 saturated heterocycles. The van der Waals surface area contributed by atoms with Gasteiger partial charge < -0.3 is 19.0 Å². The van der Waals surface area contributed by atoms with Crippen molar-refractivity contribution >= 4 is 22.1 Å². The molecule has 2 fully saturated rings. The maximum absolute atomic E-state index is 12.3. The van der Waals surface area contributed by atoms with Gasteiger partial charge in [0.25, 0.3) is 0 Å². The number of fused-ring (bicyclic) bond motifs is 2. The molecule has 2 aliphatic rings. The van der Waals surface area contributed by atoms with Crippen LogP contribution in [0.3, 0.4) is 0 Å². The summed E-state index contributed by atoms with van der Waals surface area (Å²) in [5, 5.41) is 6.22. The molecule has 0 saturated carbocycles. The minimum Gasteiger partial charge on any atom is -0.496 e. The second-order valence-electron chi connectivity index (χ2n) is 6.86. The normalized spacial score (nSPS) is 25.4. The Kier molecular flexibility index (Phi) is 5.40. The first kappa shape index (κ1) is 20.2. The van der Waals surface area contributed by atoms with Crippen LogP contribution >= 0.6 is 0 Å². The molecule has 152 valence electrons. The zero-order valence-electron chi connectivity index (χ0n) is 16.2. The monoisotopic (exact) mass is 408 g/mol. The fourth-order valence-electron chi connectivity index (χ4n) is 3.79. The summed E-state index contributed by atoms with van der Waals surface area (Å²) in [6, 6.07) is 1.19. The minimum absolute atomic E-state index is 0.0508. The molecule has 0 aliphatic carbocycles. The average molecular weight is 408 g/mol. The van der Waals surface area contributed by atoms with Crippen LogP contribution in [0.25, 0.3) is 6.08 Å². The van der Waals surface area contributed by atoms with Gasteiger partial charge in [-0.1, -0.05) is 6.08 Å². The first-order chi connectivity index (χ1) is 13.2. The standard InChI is InChI=1S/C19H24N2O6S/c1-6-11-7-14-19(22)21-13(16(11)20-14)8-12-9-15(27-28(5,23)24)18(26-4)10(2)17(12)25-3/h6,8-9,11,14,16,20H,1,7H2,2-5H3,(H,21,22)/b13-8-/t11-,14-,16+/m1/s1. The second kappa shape index (κ2) is 7.48. The maximum atomic E-state index is 12.3. The topological polar surface area (TPSA) is 103 Å². The molecular weight excluding hydrogens is 384 g/mol. The van der Waals surface area contributed by atoms with E-state index < -0.39 is 10.1 Å². The third kappa shape index (κ3) is 3.72. The third-order valence-corrected chi connectivity index (χ3v) is 5.44. The van der Waals surface area contributed by atoms with E-state index in [1.54, 1.807) is 13.0 Å². The van der Waals surface area contributed by atoms with E-state index in [4.69, 9.17) is 13.7 Å². The number of nitrogens with one attached hydrogen (secondary N) is 2. The maximum Gasteiger partial charge on any atom is 0.306 e. The van der Waals surface area contributed by atoms with Crippen LogP contribution in [0.15, 0.2) is 24.4 Å². The van der Waals surface area contributed by atoms with Gasteiger partial charge in [-0.15, -0.1) is 6.58 Å². The smallest absolute Gasteiger partial charge is 0.306 e. The van der Waals surface area contributed by atoms with Crippen LogP contribution < -0.4 is 24.3 Å². The molecular formula is C19H24N2O6S. The van der Waals surface area contributed by atoms with E-state index in [1.807, 2.05) is 6.08 Å². The molecule has 9 heteroatoms. The molecule has 1 aromatic rings. The van der Waals surface area contributed by atoms with Crippen molar-refractivity contribution < 1.29 is 26.9 Å². The SMILES string of the molecule is C=C[C@@H]1C[C@H]2N[C@@H]1/C(=C/c1cc(OS(C)(=O)=O)c(OC)c(C)c1OC)NC2=O. The lowest BCUT2D eigenvalue weighted by Gasteiger charge is -2.26. The van der Waals surface area contributed by atoms with Gasteiger partial charge in [-0.3, -0.25) is 10.1 Å². The molecule has 2 bridgehead atoms. The molecule has 28 heavy (non-hydrogen) atoms. The lowest BCUT2D eigenvalue weighted by molar-refractivity contribution is -0.122. The van der Waals surface area contributed by atoms with Crippen LogP contribution in [-0.2, 0) is 14.9 Å². The van der Waals surface area contributed by atoms with Gasteiger partial charge in [0, 0.05) is 16.8 Å². The van der Waals surface area contributed by atoms with Crippen molar-refractivity contribution in [2.75, 3.05) is 20.5 Å². The molecule has 2 aliphatic heterocycles. The molecule has 0 radical (unpaired) electrons. The van der Waals surface area contributed by atoms with Crippen molar-refractivity contribution in [1.29, 1.82) is 0 Å². The summed E-state index contributed by atoms with van der Waals surface area (Å²) in [7, 11) is -0.828. The zero-order chi connectivity index (χ0) is 20.6. The van der Waals surface area contributed by atoms with Gasteiger partial charge in [0.1, 0.15) is 5.75 Å². The highest BCUT2D eigenvalue weighted by Gasteiger charge is 2.42. The molecule has 3 atom stereocenters. The summed E-state index contributed by atoms with van der Waals surface area (Å²) < 4.78 is 39.3. The van der Waals surface area contributed by atoms with Crippen molar-refractivity contribution in [2.24, 2.45) is 5.92 Å². The van der Waals surface area contributed by atoms with Crippen LogP contribution in [0.5, 0.6) is 17.2 Å². The largest absolute Gasteiger partial charge is 0.496 e. The summed E-state index contributed by atoms with van der Waals surface area (Å²) in [5.74, 6) is 0.806. The van der Waals surface area contributed by atoms with Gasteiger partial charge in [0.2, 0.25) is 5.91 Å². The summed E-state index contributed by atoms with van der Waals surface area (Å²) in [5.41, 5.74) is 1.80. The molecule has 0 unspecified atom stereocenters. The number of piperazine rings is 1. The van der Waals surface area contributed by atoms with E-state index in [1.165, 1.54) is 20.3 Å². The van der Waals surface area contributed by atoms with E-state index in [2.05, 4.69) is 17.2 Å². The molecule has 2 N–H and O–H groups in total. The number of methoxy groups -OCH3 is 2. The fraction of sp³-hybridized carbons (Fsp3) is 0.421. The Bertz CT molecular complexity index is 954. The van der Waals surface area contributed by atoms with Crippen molar-refractivity contribution in [3.63, 3.8) is 0 Å². The van der Waals surface area contributed by atoms with Crippen LogP contribution in [0.2, 0.25) is 0 Å². The van der Waals surface area contributed by atoms with E-state index >= 15 is 0 Å². The van der Waals surface area contributed by atoms with Gasteiger partial charge >= 0.3 is 10.1 Å². The van der Waals surface area contributed by atoms with Gasteiger partial charge in [0.05, 0.1) is 32.6 Å². The Morgan fingerprint density at radius 3 is 2.50 bits per heavy atom. The molecule has 1 aromatic carbocycles. The predicted octanol–water partition coefficient (Wildman–Crippen LogP) is 1.35. The molecule has 0 aromatic heterocycles. The van der Waals surface area contributed by atoms with Crippen LogP contribution in [0.1, 0.15) is 17.5 Å². The predicted molar refractivity (Wildman–Crippen MR) is 105 cm³/mol. The highest BCUT2D eigenvalue weighted by molar-refractivity contribution is 7.86. The number of ether oxygens (including phenoxy) is 2. The first-order valence-electron chi connectivity index (χ1n) is 8.74. The lowest BCUT2D eigenvalue weighted by atomic mass is 9.96. The number of carbonyl (C=O) groups excluding carboxylic acids is 1. The fourth-order valence-corrected chi connectivity index (χ4v) is 4.24. The summed E-state index contributed by atoms with van der Waals surface area (Å²) >= 11 is 0. The van der Waals surface area contributed by atoms with Crippen molar-refractivity contribution in [3.05, 3.63) is 35.5 Å². The number of rotatable bonds is 6. The molecule has 0 spiro atoms. The van der Waals surface area contributed by atoms with E-state index in [-0.39, 0.29) is 35.4 Å². The van der Waals surface area contributed by atoms with Crippen molar-refractivity contribution in [3.8, 4) is 17.2 Å². The Morgan fingerprint density at radius 1 is 1.25 bits per heavy atom. The second-order valence-corrected chi connectivity index (χ2v) is 8.44. The third-order valence-electron chi connectivity index (χ3n) is 4.95. The van der Waals surface area contributed by atoms with E-state index in [0.29, 0.717) is 29.0 Å². The number of carbonyl (C=O) groups is 1. The highest BCUT2D eigenvalue weighted by atomic mass is 32.2. The number of amides is 1. The van der Waals surface area contributed by atoms with Crippen LogP contribution in [-0.4, -0.2) is 46.9 Å². The highest BCUT2D eigenvalue weighted by Crippen LogP contribution is 2.42. The Balaban J connectivity index is 2.13. The number of hydrogen-bond acceptors (Lipinski definition) is 7. The number of benzene rings is 1. The van der Waals surface area contributed by atoms with Crippen LogP contribution in [0, 0.1) is 12.8 Å².